The van der Waals surface area contributed by atoms with E-state index < -0.39 is 0 Å². The molecule has 48 valence electrons. The van der Waals surface area contributed by atoms with Gasteiger partial charge in [0.15, 0.2) is 0 Å². The normalized spacial score (nSPS) is 80.0. The van der Waals surface area contributed by atoms with E-state index in [0.717, 1.165) is 10.8 Å². The van der Waals surface area contributed by atoms with Crippen molar-refractivity contribution in [3.05, 3.63) is 0 Å². The summed E-state index contributed by atoms with van der Waals surface area (Å²) < 4.78 is 0. The molecular weight excluding hydrogens is 108 g/mol. The van der Waals surface area contributed by atoms with Crippen LogP contribution in [0.5, 0.6) is 0 Å². The van der Waals surface area contributed by atoms with Crippen molar-refractivity contribution < 1.29 is 0 Å². The highest BCUT2D eigenvalue weighted by atomic mass is 14.9. The highest BCUT2D eigenvalue weighted by Gasteiger charge is 2.86. The highest BCUT2D eigenvalue weighted by molar-refractivity contribution is 5.35. The molecule has 4 atom stereocenters. The zero-order valence-corrected chi connectivity index (χ0v) is 5.69. The first-order valence-corrected chi connectivity index (χ1v) is 4.36. The van der Waals surface area contributed by atoms with E-state index in [0.29, 0.717) is 0 Å². The molecule has 0 amide bonds. The summed E-state index contributed by atoms with van der Waals surface area (Å²) in [5, 5.41) is 0. The van der Waals surface area contributed by atoms with Crippen molar-refractivity contribution in [1.29, 1.82) is 0 Å². The molecule has 0 N–H and O–H groups in total. The summed E-state index contributed by atoms with van der Waals surface area (Å²) in [6.45, 7) is 0. The Labute approximate surface area is 55.6 Å². The molecule has 4 unspecified atom stereocenters. The van der Waals surface area contributed by atoms with Gasteiger partial charge in [0.2, 0.25) is 0 Å². The Bertz CT molecular complexity index is 202. The monoisotopic (exact) mass is 120 g/mol. The molecule has 0 nitrogen and oxygen atoms in total. The molecule has 0 aliphatic heterocycles. The molecule has 0 saturated heterocycles. The minimum absolute atomic E-state index is 0.988. The van der Waals surface area contributed by atoms with Crippen molar-refractivity contribution in [2.75, 3.05) is 0 Å². The summed E-state index contributed by atoms with van der Waals surface area (Å²) in [6, 6.07) is 0. The van der Waals surface area contributed by atoms with E-state index >= 15 is 0 Å². The topological polar surface area (TPSA) is 0 Å². The molecule has 0 aromatic carbocycles. The lowest BCUT2D eigenvalue weighted by Gasteiger charge is -2.03. The first-order valence-electron chi connectivity index (χ1n) is 4.36. The van der Waals surface area contributed by atoms with E-state index in [-0.39, 0.29) is 0 Å². The maximum atomic E-state index is 1.65. The largest absolute Gasteiger partial charge is 0.0496 e. The third kappa shape index (κ3) is 0.210. The standard InChI is InChI=1S/C9H12/c1-2-8-3-6(1)7-4-9(7,8)5-8/h6-7H,1-5H2. The molecule has 2 bridgehead atoms. The second-order valence-corrected chi connectivity index (χ2v) is 4.93. The Hall–Kier alpha value is 0. The maximum Gasteiger partial charge on any atom is -0.0201 e. The van der Waals surface area contributed by atoms with Gasteiger partial charge in [-0.15, -0.1) is 0 Å². The summed E-state index contributed by atoms with van der Waals surface area (Å²) in [5.74, 6) is 2.48. The van der Waals surface area contributed by atoms with E-state index in [2.05, 4.69) is 0 Å². The molecule has 4 saturated carbocycles. The van der Waals surface area contributed by atoms with Crippen molar-refractivity contribution in [3.63, 3.8) is 0 Å². The molecular formula is C9H12. The van der Waals surface area contributed by atoms with Crippen LogP contribution >= 0.6 is 0 Å². The molecule has 0 heterocycles. The van der Waals surface area contributed by atoms with Crippen molar-refractivity contribution in [1.82, 2.24) is 0 Å². The van der Waals surface area contributed by atoms with Gasteiger partial charge in [-0.05, 0) is 54.8 Å². The SMILES string of the molecule is C1CC23CC1C1CC12C3. The molecule has 0 aromatic heterocycles. The number of hydrogen-bond acceptors (Lipinski definition) is 0. The molecule has 0 radical (unpaired) electrons. The van der Waals surface area contributed by atoms with Crippen molar-refractivity contribution in [2.45, 2.75) is 32.1 Å². The molecule has 4 rings (SSSR count). The van der Waals surface area contributed by atoms with Crippen LogP contribution < -0.4 is 0 Å². The first kappa shape index (κ1) is 4.00. The van der Waals surface area contributed by atoms with Crippen molar-refractivity contribution in [3.8, 4) is 0 Å². The van der Waals surface area contributed by atoms with Crippen LogP contribution in [0, 0.1) is 22.7 Å². The summed E-state index contributed by atoms with van der Waals surface area (Å²) in [6.07, 6.45) is 8.18. The second kappa shape index (κ2) is 0.741. The molecule has 0 aromatic rings. The smallest absolute Gasteiger partial charge is 0.0201 e. The predicted octanol–water partition coefficient (Wildman–Crippen LogP) is 2.20. The fraction of sp³-hybridized carbons (Fsp3) is 1.00. The van der Waals surface area contributed by atoms with Gasteiger partial charge in [-0.3, -0.25) is 0 Å². The summed E-state index contributed by atoms with van der Waals surface area (Å²) >= 11 is 0. The van der Waals surface area contributed by atoms with E-state index in [1.54, 1.807) is 32.1 Å². The molecule has 4 aliphatic carbocycles. The maximum absolute atomic E-state index is 1.65. The van der Waals surface area contributed by atoms with Gasteiger partial charge in [-0.25, -0.2) is 0 Å². The van der Waals surface area contributed by atoms with Crippen LogP contribution in [0.2, 0.25) is 0 Å². The summed E-state index contributed by atoms with van der Waals surface area (Å²) in [7, 11) is 0. The van der Waals surface area contributed by atoms with Crippen LogP contribution in [-0.2, 0) is 0 Å². The molecule has 0 heteroatoms. The van der Waals surface area contributed by atoms with Crippen LogP contribution in [0.25, 0.3) is 0 Å². The number of rotatable bonds is 0. The Balaban J connectivity index is 2.02. The van der Waals surface area contributed by atoms with Gasteiger partial charge in [-0.1, -0.05) is 0 Å². The molecule has 4 aliphatic rings. The number of hydrogen-bond donors (Lipinski definition) is 0. The first-order chi connectivity index (χ1) is 4.36. The average molecular weight is 120 g/mol. The molecule has 4 fully saturated rings. The van der Waals surface area contributed by atoms with Crippen LogP contribution in [0.1, 0.15) is 32.1 Å². The van der Waals surface area contributed by atoms with E-state index in [4.69, 9.17) is 0 Å². The van der Waals surface area contributed by atoms with Crippen LogP contribution in [-0.4, -0.2) is 0 Å². The van der Waals surface area contributed by atoms with Gasteiger partial charge >= 0.3 is 0 Å². The number of fused-ring (bicyclic) bond motifs is 2. The van der Waals surface area contributed by atoms with Gasteiger partial charge in [-0.2, -0.15) is 0 Å². The lowest BCUT2D eigenvalue weighted by atomic mass is 10.0. The summed E-state index contributed by atoms with van der Waals surface area (Å²) in [5.41, 5.74) is 2.01. The summed E-state index contributed by atoms with van der Waals surface area (Å²) in [4.78, 5) is 0. The van der Waals surface area contributed by atoms with Crippen LogP contribution in [0.4, 0.5) is 0 Å². The van der Waals surface area contributed by atoms with Gasteiger partial charge in [0.1, 0.15) is 0 Å². The quantitative estimate of drug-likeness (QED) is 0.459. The predicted molar refractivity (Wildman–Crippen MR) is 34.9 cm³/mol. The van der Waals surface area contributed by atoms with Crippen molar-refractivity contribution >= 4 is 0 Å². The van der Waals surface area contributed by atoms with Gasteiger partial charge < -0.3 is 0 Å². The fourth-order valence-electron chi connectivity index (χ4n) is 4.45. The lowest BCUT2D eigenvalue weighted by molar-refractivity contribution is 0.456. The highest BCUT2D eigenvalue weighted by Crippen LogP contribution is 2.94. The third-order valence-corrected chi connectivity index (χ3v) is 4.93. The fourth-order valence-corrected chi connectivity index (χ4v) is 4.45. The Morgan fingerprint density at radius 2 is 2.22 bits per heavy atom. The van der Waals surface area contributed by atoms with E-state index in [1.807, 2.05) is 0 Å². The molecule has 9 heavy (non-hydrogen) atoms. The Morgan fingerprint density at radius 3 is 2.78 bits per heavy atom. The zero-order valence-electron chi connectivity index (χ0n) is 5.69. The Kier molecular flexibility index (Phi) is 0.329. The Morgan fingerprint density at radius 1 is 1.22 bits per heavy atom. The average Bonchev–Trinajstić information content (AvgIpc) is 2.62. The molecule has 2 spiro atoms. The van der Waals surface area contributed by atoms with E-state index in [1.165, 1.54) is 11.8 Å². The van der Waals surface area contributed by atoms with Gasteiger partial charge in [0.05, 0.1) is 0 Å². The van der Waals surface area contributed by atoms with E-state index in [9.17, 15) is 0 Å². The van der Waals surface area contributed by atoms with Crippen LogP contribution in [0.15, 0.2) is 0 Å². The third-order valence-electron chi connectivity index (χ3n) is 4.93. The minimum atomic E-state index is 0.988. The van der Waals surface area contributed by atoms with Crippen molar-refractivity contribution in [2.24, 2.45) is 22.7 Å². The second-order valence-electron chi connectivity index (χ2n) is 4.93. The lowest BCUT2D eigenvalue weighted by Crippen LogP contribution is -1.96. The zero-order chi connectivity index (χ0) is 5.69. The van der Waals surface area contributed by atoms with Gasteiger partial charge in [0.25, 0.3) is 0 Å². The minimum Gasteiger partial charge on any atom is -0.0496 e. The van der Waals surface area contributed by atoms with Gasteiger partial charge in [0, 0.05) is 0 Å². The van der Waals surface area contributed by atoms with Crippen LogP contribution in [0.3, 0.4) is 0 Å².